The number of amides is 1. The molecule has 2 aromatic heterocycles. The van der Waals surface area contributed by atoms with E-state index in [0.29, 0.717) is 27.4 Å². The van der Waals surface area contributed by atoms with Crippen molar-refractivity contribution in [3.8, 4) is 0 Å². The quantitative estimate of drug-likeness (QED) is 0.307. The average molecular weight is 428 g/mol. The van der Waals surface area contributed by atoms with Crippen LogP contribution in [0.2, 0.25) is 5.02 Å². The van der Waals surface area contributed by atoms with Crippen LogP contribution in [0.3, 0.4) is 0 Å². The molecule has 28 heavy (non-hydrogen) atoms. The molecule has 0 saturated carbocycles. The van der Waals surface area contributed by atoms with Crippen molar-refractivity contribution in [3.05, 3.63) is 86.3 Å². The predicted octanol–water partition coefficient (Wildman–Crippen LogP) is 5.50. The molecule has 0 bridgehead atoms. The van der Waals surface area contributed by atoms with Crippen LogP contribution in [0.5, 0.6) is 0 Å². The monoisotopic (exact) mass is 427 g/mol. The number of carbonyl (C=O) groups is 1. The Balaban J connectivity index is 1.61. The zero-order chi connectivity index (χ0) is 19.3. The number of hydrogen-bond donors (Lipinski definition) is 0. The van der Waals surface area contributed by atoms with Gasteiger partial charge in [0, 0.05) is 9.90 Å². The molecule has 0 radical (unpaired) electrons. The van der Waals surface area contributed by atoms with Crippen molar-refractivity contribution in [1.82, 2.24) is 4.90 Å². The van der Waals surface area contributed by atoms with Crippen LogP contribution in [0.15, 0.2) is 79.7 Å². The van der Waals surface area contributed by atoms with Gasteiger partial charge in [0.25, 0.3) is 5.91 Å². The van der Waals surface area contributed by atoms with Gasteiger partial charge in [-0.25, -0.2) is 0 Å². The average Bonchev–Trinajstić information content (AvgIpc) is 3.44. The Kier molecular flexibility index (Phi) is 5.76. The van der Waals surface area contributed by atoms with E-state index in [0.717, 1.165) is 10.4 Å². The van der Waals surface area contributed by atoms with Crippen molar-refractivity contribution in [1.29, 1.82) is 0 Å². The molecule has 3 heterocycles. The first-order valence-corrected chi connectivity index (χ1v) is 10.4. The lowest BCUT2D eigenvalue weighted by molar-refractivity contribution is -0.122. The highest BCUT2D eigenvalue weighted by Crippen LogP contribution is 2.34. The summed E-state index contributed by atoms with van der Waals surface area (Å²) >= 11 is 8.80. The standard InChI is InChI=1S/C20H14ClN3O2S2/c21-15-7-5-14(6-8-15)11-18-19(25)24(13-16-3-1-9-26-16)20(28-18)23-22-12-17-4-2-10-27-17/h1-12H,13H2/b18-11-,22-12+,23-20-. The molecule has 5 nitrogen and oxygen atoms in total. The summed E-state index contributed by atoms with van der Waals surface area (Å²) in [5.41, 5.74) is 0.890. The highest BCUT2D eigenvalue weighted by Gasteiger charge is 2.34. The Hall–Kier alpha value is -2.61. The second-order valence-corrected chi connectivity index (χ2v) is 8.20. The fraction of sp³-hybridized carbons (Fsp3) is 0.0500. The summed E-state index contributed by atoms with van der Waals surface area (Å²) in [5.74, 6) is 0.540. The van der Waals surface area contributed by atoms with Crippen molar-refractivity contribution < 1.29 is 9.21 Å². The maximum atomic E-state index is 12.9. The summed E-state index contributed by atoms with van der Waals surface area (Å²) in [6.07, 6.45) is 5.08. The Labute approximate surface area is 175 Å². The van der Waals surface area contributed by atoms with Crippen LogP contribution in [0.1, 0.15) is 16.2 Å². The Morgan fingerprint density at radius 1 is 1.14 bits per heavy atom. The van der Waals surface area contributed by atoms with Gasteiger partial charge in [0.2, 0.25) is 0 Å². The summed E-state index contributed by atoms with van der Waals surface area (Å²) in [7, 11) is 0. The molecule has 1 fully saturated rings. The van der Waals surface area contributed by atoms with Gasteiger partial charge in [0.1, 0.15) is 5.76 Å². The smallest absolute Gasteiger partial charge is 0.267 e. The number of benzene rings is 1. The molecular formula is C20H14ClN3O2S2. The molecule has 1 aromatic carbocycles. The first kappa shape index (κ1) is 18.7. The molecular weight excluding hydrogens is 414 g/mol. The molecule has 1 aliphatic heterocycles. The van der Waals surface area contributed by atoms with Crippen molar-refractivity contribution in [2.45, 2.75) is 6.54 Å². The van der Waals surface area contributed by atoms with Crippen LogP contribution in [-0.2, 0) is 11.3 Å². The number of hydrogen-bond acceptors (Lipinski definition) is 6. The highest BCUT2D eigenvalue weighted by atomic mass is 35.5. The number of thiophene rings is 1. The third-order valence-corrected chi connectivity index (χ3v) is 5.88. The number of amidine groups is 1. The van der Waals surface area contributed by atoms with Gasteiger partial charge in [-0.1, -0.05) is 29.8 Å². The molecule has 4 rings (SSSR count). The van der Waals surface area contributed by atoms with E-state index in [2.05, 4.69) is 10.2 Å². The molecule has 140 valence electrons. The van der Waals surface area contributed by atoms with E-state index in [1.807, 2.05) is 41.8 Å². The summed E-state index contributed by atoms with van der Waals surface area (Å²) < 4.78 is 5.39. The van der Waals surface area contributed by atoms with Gasteiger partial charge in [0.15, 0.2) is 5.17 Å². The Bertz CT molecular complexity index is 1040. The van der Waals surface area contributed by atoms with E-state index in [-0.39, 0.29) is 5.91 Å². The fourth-order valence-corrected chi connectivity index (χ4v) is 4.13. The topological polar surface area (TPSA) is 58.2 Å². The van der Waals surface area contributed by atoms with Gasteiger partial charge in [-0.05, 0) is 59.1 Å². The minimum atomic E-state index is -0.138. The predicted molar refractivity (Wildman–Crippen MR) is 116 cm³/mol. The third kappa shape index (κ3) is 4.44. The number of thioether (sulfide) groups is 1. The van der Waals surface area contributed by atoms with Gasteiger partial charge < -0.3 is 4.42 Å². The number of carbonyl (C=O) groups excluding carboxylic acids is 1. The van der Waals surface area contributed by atoms with E-state index >= 15 is 0 Å². The van der Waals surface area contributed by atoms with Crippen LogP contribution in [0.4, 0.5) is 0 Å². The van der Waals surface area contributed by atoms with Gasteiger partial charge in [-0.2, -0.15) is 5.10 Å². The Morgan fingerprint density at radius 3 is 2.71 bits per heavy atom. The molecule has 3 aromatic rings. The van der Waals surface area contributed by atoms with Gasteiger partial charge >= 0.3 is 0 Å². The maximum absolute atomic E-state index is 12.9. The number of halogens is 1. The first-order valence-electron chi connectivity index (χ1n) is 8.33. The lowest BCUT2D eigenvalue weighted by Gasteiger charge is -2.12. The fourth-order valence-electron chi connectivity index (χ4n) is 2.49. The highest BCUT2D eigenvalue weighted by molar-refractivity contribution is 8.18. The molecule has 1 aliphatic rings. The minimum absolute atomic E-state index is 0.138. The van der Waals surface area contributed by atoms with Crippen LogP contribution in [0, 0.1) is 0 Å². The van der Waals surface area contributed by atoms with Crippen LogP contribution >= 0.6 is 34.7 Å². The van der Waals surface area contributed by atoms with Crippen molar-refractivity contribution >= 4 is 58.1 Å². The van der Waals surface area contributed by atoms with Crippen LogP contribution < -0.4 is 0 Å². The zero-order valence-corrected chi connectivity index (χ0v) is 16.9. The zero-order valence-electron chi connectivity index (χ0n) is 14.5. The van der Waals surface area contributed by atoms with Gasteiger partial charge in [-0.15, -0.1) is 16.4 Å². The summed E-state index contributed by atoms with van der Waals surface area (Å²) in [6.45, 7) is 0.296. The van der Waals surface area contributed by atoms with Gasteiger partial charge in [0.05, 0.1) is 23.9 Å². The molecule has 0 atom stereocenters. The number of nitrogens with zero attached hydrogens (tertiary/aromatic N) is 3. The first-order chi connectivity index (χ1) is 13.7. The summed E-state index contributed by atoms with van der Waals surface area (Å²) in [5, 5.41) is 11.5. The lowest BCUT2D eigenvalue weighted by atomic mass is 10.2. The van der Waals surface area contributed by atoms with Crippen molar-refractivity contribution in [2.75, 3.05) is 0 Å². The molecule has 1 saturated heterocycles. The molecule has 0 N–H and O–H groups in total. The number of rotatable bonds is 5. The molecule has 0 unspecified atom stereocenters. The normalized spacial score (nSPS) is 17.5. The SMILES string of the molecule is O=C1/C(=C/c2ccc(Cl)cc2)S/C(=N\N=C\c2cccs2)N1Cc1ccco1. The van der Waals surface area contributed by atoms with E-state index in [4.69, 9.17) is 16.0 Å². The molecule has 1 amide bonds. The van der Waals surface area contributed by atoms with Crippen LogP contribution in [0.25, 0.3) is 6.08 Å². The summed E-state index contributed by atoms with van der Waals surface area (Å²) in [4.78, 5) is 16.1. The van der Waals surface area contributed by atoms with Crippen LogP contribution in [-0.4, -0.2) is 22.2 Å². The van der Waals surface area contributed by atoms with Gasteiger partial charge in [-0.3, -0.25) is 9.69 Å². The van der Waals surface area contributed by atoms with E-state index in [1.165, 1.54) is 11.8 Å². The summed E-state index contributed by atoms with van der Waals surface area (Å²) in [6, 6.07) is 14.8. The van der Waals surface area contributed by atoms with Crippen molar-refractivity contribution in [2.24, 2.45) is 10.2 Å². The molecule has 0 spiro atoms. The maximum Gasteiger partial charge on any atom is 0.267 e. The minimum Gasteiger partial charge on any atom is -0.467 e. The van der Waals surface area contributed by atoms with E-state index in [9.17, 15) is 4.79 Å². The second-order valence-electron chi connectivity index (χ2n) is 5.78. The lowest BCUT2D eigenvalue weighted by Crippen LogP contribution is -2.28. The van der Waals surface area contributed by atoms with Crippen molar-refractivity contribution in [3.63, 3.8) is 0 Å². The van der Waals surface area contributed by atoms with E-state index < -0.39 is 0 Å². The Morgan fingerprint density at radius 2 is 2.00 bits per heavy atom. The second kappa shape index (κ2) is 8.60. The van der Waals surface area contributed by atoms with E-state index in [1.54, 1.807) is 46.9 Å². The molecule has 8 heteroatoms. The largest absolute Gasteiger partial charge is 0.467 e. The third-order valence-electron chi connectivity index (χ3n) is 3.82. The molecule has 0 aliphatic carbocycles. The number of furan rings is 1.